The maximum Gasteiger partial charge on any atom is 0.231 e. The Kier molecular flexibility index (Phi) is 6.46. The Balaban J connectivity index is 1.04. The van der Waals surface area contributed by atoms with E-state index < -0.39 is 0 Å². The molecule has 0 unspecified atom stereocenters. The predicted molar refractivity (Wildman–Crippen MR) is 124 cm³/mol. The summed E-state index contributed by atoms with van der Waals surface area (Å²) in [6.07, 6.45) is 1.09. The monoisotopic (exact) mass is 452 g/mol. The molecule has 3 aromatic rings. The number of piperazine rings is 1. The van der Waals surface area contributed by atoms with Crippen LogP contribution in [0.5, 0.6) is 11.5 Å². The Morgan fingerprint density at radius 2 is 1.76 bits per heavy atom. The van der Waals surface area contributed by atoms with E-state index in [2.05, 4.69) is 26.9 Å². The molecular formula is C25H29FN4O3. The van der Waals surface area contributed by atoms with E-state index in [1.54, 1.807) is 0 Å². The molecule has 33 heavy (non-hydrogen) atoms. The van der Waals surface area contributed by atoms with Crippen LogP contribution in [0.15, 0.2) is 53.1 Å². The van der Waals surface area contributed by atoms with Crippen LogP contribution in [0.25, 0.3) is 11.3 Å². The summed E-state index contributed by atoms with van der Waals surface area (Å²) in [5, 5.41) is 4.22. The molecule has 2 aliphatic heterocycles. The highest BCUT2D eigenvalue weighted by Gasteiger charge is 2.18. The molecule has 5 rings (SSSR count). The van der Waals surface area contributed by atoms with Crippen molar-refractivity contribution in [3.05, 3.63) is 60.1 Å². The van der Waals surface area contributed by atoms with Crippen LogP contribution in [0, 0.1) is 5.82 Å². The van der Waals surface area contributed by atoms with Crippen molar-refractivity contribution >= 4 is 5.69 Å². The van der Waals surface area contributed by atoms with Crippen LogP contribution in [0.2, 0.25) is 0 Å². The third-order valence-electron chi connectivity index (χ3n) is 6.23. The van der Waals surface area contributed by atoms with Gasteiger partial charge in [0.05, 0.1) is 6.54 Å². The summed E-state index contributed by atoms with van der Waals surface area (Å²) in [6.45, 7) is 7.04. The number of hydrogen-bond acceptors (Lipinski definition) is 7. The van der Waals surface area contributed by atoms with Gasteiger partial charge in [0.25, 0.3) is 0 Å². The Morgan fingerprint density at radius 1 is 0.970 bits per heavy atom. The third-order valence-corrected chi connectivity index (χ3v) is 6.23. The second-order valence-electron chi connectivity index (χ2n) is 8.64. The Labute approximate surface area is 193 Å². The highest BCUT2D eigenvalue weighted by atomic mass is 19.1. The van der Waals surface area contributed by atoms with Crippen LogP contribution in [0.1, 0.15) is 12.2 Å². The van der Waals surface area contributed by atoms with Crippen LogP contribution in [-0.4, -0.2) is 68.1 Å². The first-order valence-corrected chi connectivity index (χ1v) is 11.4. The number of rotatable bonds is 8. The zero-order valence-corrected chi connectivity index (χ0v) is 18.9. The average molecular weight is 453 g/mol. The van der Waals surface area contributed by atoms with Crippen molar-refractivity contribution in [2.75, 3.05) is 58.0 Å². The number of aromatic nitrogens is 1. The van der Waals surface area contributed by atoms with Crippen LogP contribution < -0.4 is 14.4 Å². The number of hydrogen-bond donors (Lipinski definition) is 0. The number of benzene rings is 2. The number of nitrogens with zero attached hydrogens (tertiary/aromatic N) is 4. The van der Waals surface area contributed by atoms with Crippen molar-refractivity contribution in [2.24, 2.45) is 0 Å². The number of anilines is 1. The Hall–Kier alpha value is -3.10. The van der Waals surface area contributed by atoms with Crippen molar-refractivity contribution in [2.45, 2.75) is 13.0 Å². The van der Waals surface area contributed by atoms with E-state index in [1.165, 1.54) is 12.1 Å². The second kappa shape index (κ2) is 9.80. The lowest BCUT2D eigenvalue weighted by atomic mass is 10.1. The first kappa shape index (κ1) is 21.7. The van der Waals surface area contributed by atoms with Crippen LogP contribution in [0.3, 0.4) is 0 Å². The zero-order valence-electron chi connectivity index (χ0n) is 18.9. The van der Waals surface area contributed by atoms with E-state index in [0.717, 1.165) is 86.4 Å². The van der Waals surface area contributed by atoms with Gasteiger partial charge >= 0.3 is 0 Å². The maximum absolute atomic E-state index is 13.1. The van der Waals surface area contributed by atoms with Gasteiger partial charge in [-0.05, 0) is 69.0 Å². The van der Waals surface area contributed by atoms with Gasteiger partial charge in [0.1, 0.15) is 11.5 Å². The molecule has 174 valence electrons. The van der Waals surface area contributed by atoms with Gasteiger partial charge in [-0.25, -0.2) is 4.39 Å². The van der Waals surface area contributed by atoms with Crippen molar-refractivity contribution in [1.82, 2.24) is 15.0 Å². The lowest BCUT2D eigenvalue weighted by Gasteiger charge is -2.36. The third kappa shape index (κ3) is 5.29. The Bertz CT molecular complexity index is 1060. The minimum atomic E-state index is -0.184. The maximum atomic E-state index is 13.1. The summed E-state index contributed by atoms with van der Waals surface area (Å²) in [7, 11) is 2.11. The topological polar surface area (TPSA) is 54.2 Å². The van der Waals surface area contributed by atoms with Crippen molar-refractivity contribution < 1.29 is 18.4 Å². The lowest BCUT2D eigenvalue weighted by molar-refractivity contribution is 0.174. The lowest BCUT2D eigenvalue weighted by Crippen LogP contribution is -2.47. The van der Waals surface area contributed by atoms with Gasteiger partial charge < -0.3 is 18.9 Å². The molecule has 3 heterocycles. The normalized spacial score (nSPS) is 16.0. The summed E-state index contributed by atoms with van der Waals surface area (Å²) in [4.78, 5) is 7.09. The molecule has 7 nitrogen and oxygen atoms in total. The molecule has 8 heteroatoms. The number of fused-ring (bicyclic) bond motifs is 1. The summed E-state index contributed by atoms with van der Waals surface area (Å²) in [6, 6.07) is 14.6. The van der Waals surface area contributed by atoms with E-state index in [9.17, 15) is 4.39 Å². The van der Waals surface area contributed by atoms with E-state index >= 15 is 0 Å². The minimum Gasteiger partial charge on any atom is -0.454 e. The average Bonchev–Trinajstić information content (AvgIpc) is 3.49. The standard InChI is InChI=1S/C25H29FN4O3/c1-28(9-2-10-29-11-13-30(14-12-29)21-6-4-20(26)5-7-21)17-22-16-23(27-33-22)19-3-8-24-25(15-19)32-18-31-24/h3-8,15-16H,2,9-14,17-18H2,1H3. The second-order valence-corrected chi connectivity index (χ2v) is 8.64. The van der Waals surface area contributed by atoms with E-state index in [4.69, 9.17) is 14.0 Å². The molecule has 1 fully saturated rings. The molecule has 0 N–H and O–H groups in total. The molecule has 0 amide bonds. The first-order chi connectivity index (χ1) is 16.1. The van der Waals surface area contributed by atoms with E-state index in [0.29, 0.717) is 0 Å². The summed E-state index contributed by atoms with van der Waals surface area (Å²) in [5.41, 5.74) is 2.86. The molecule has 0 bridgehead atoms. The van der Waals surface area contributed by atoms with E-state index in [1.807, 2.05) is 36.4 Å². The van der Waals surface area contributed by atoms with Crippen molar-refractivity contribution in [3.8, 4) is 22.8 Å². The molecule has 0 spiro atoms. The summed E-state index contributed by atoms with van der Waals surface area (Å²) in [5.74, 6) is 2.17. The van der Waals surface area contributed by atoms with Gasteiger partial charge in [-0.3, -0.25) is 9.80 Å². The minimum absolute atomic E-state index is 0.184. The molecule has 1 saturated heterocycles. The molecule has 2 aromatic carbocycles. The number of halogens is 1. The fourth-order valence-corrected chi connectivity index (χ4v) is 4.37. The Morgan fingerprint density at radius 3 is 2.58 bits per heavy atom. The molecule has 0 atom stereocenters. The molecule has 0 saturated carbocycles. The van der Waals surface area contributed by atoms with Crippen LogP contribution >= 0.6 is 0 Å². The van der Waals surface area contributed by atoms with Crippen LogP contribution in [-0.2, 0) is 6.54 Å². The molecule has 0 radical (unpaired) electrons. The van der Waals surface area contributed by atoms with Crippen molar-refractivity contribution in [3.63, 3.8) is 0 Å². The van der Waals surface area contributed by atoms with Gasteiger partial charge in [0.2, 0.25) is 6.79 Å². The highest BCUT2D eigenvalue weighted by molar-refractivity contribution is 5.64. The first-order valence-electron chi connectivity index (χ1n) is 11.4. The fourth-order valence-electron chi connectivity index (χ4n) is 4.37. The quantitative estimate of drug-likeness (QED) is 0.515. The van der Waals surface area contributed by atoms with Gasteiger partial charge in [-0.1, -0.05) is 5.16 Å². The van der Waals surface area contributed by atoms with Gasteiger partial charge in [0, 0.05) is 43.5 Å². The SMILES string of the molecule is CN(CCCN1CCN(c2ccc(F)cc2)CC1)Cc1cc(-c2ccc3c(c2)OCO3)no1. The smallest absolute Gasteiger partial charge is 0.231 e. The molecular weight excluding hydrogens is 423 g/mol. The fraction of sp³-hybridized carbons (Fsp3) is 0.400. The van der Waals surface area contributed by atoms with Gasteiger partial charge in [-0.2, -0.15) is 0 Å². The zero-order chi connectivity index (χ0) is 22.6. The van der Waals surface area contributed by atoms with E-state index in [-0.39, 0.29) is 12.6 Å². The van der Waals surface area contributed by atoms with Crippen LogP contribution in [0.4, 0.5) is 10.1 Å². The molecule has 1 aromatic heterocycles. The predicted octanol–water partition coefficient (Wildman–Crippen LogP) is 3.85. The van der Waals surface area contributed by atoms with Gasteiger partial charge in [0.15, 0.2) is 17.3 Å². The van der Waals surface area contributed by atoms with Crippen molar-refractivity contribution in [1.29, 1.82) is 0 Å². The molecule has 0 aliphatic carbocycles. The number of ether oxygens (including phenoxy) is 2. The highest BCUT2D eigenvalue weighted by Crippen LogP contribution is 2.35. The molecule has 2 aliphatic rings. The summed E-state index contributed by atoms with van der Waals surface area (Å²) >= 11 is 0. The van der Waals surface area contributed by atoms with Gasteiger partial charge in [-0.15, -0.1) is 0 Å². The summed E-state index contributed by atoms with van der Waals surface area (Å²) < 4.78 is 29.5. The largest absolute Gasteiger partial charge is 0.454 e.